The van der Waals surface area contributed by atoms with Crippen molar-refractivity contribution in [1.29, 1.82) is 5.41 Å². The molecular weight excluding hydrogens is 394 g/mol. The first-order chi connectivity index (χ1) is 13.3. The number of hydrogen-bond acceptors (Lipinski definition) is 4. The van der Waals surface area contributed by atoms with Crippen molar-refractivity contribution in [3.63, 3.8) is 0 Å². The molecule has 0 spiro atoms. The van der Waals surface area contributed by atoms with Gasteiger partial charge in [0.2, 0.25) is 5.17 Å². The minimum atomic E-state index is -0.419. The molecule has 3 heterocycles. The van der Waals surface area contributed by atoms with Crippen molar-refractivity contribution in [3.8, 4) is 5.69 Å². The molecule has 0 aliphatic carbocycles. The van der Waals surface area contributed by atoms with Crippen LogP contribution in [0.15, 0.2) is 39.9 Å². The topological polar surface area (TPSA) is 73.8 Å². The molecule has 0 fully saturated rings. The summed E-state index contributed by atoms with van der Waals surface area (Å²) in [4.78, 5) is 16.6. The molecule has 0 unspecified atom stereocenters. The largest absolute Gasteiger partial charge is 0.318 e. The third-order valence-electron chi connectivity index (χ3n) is 4.81. The van der Waals surface area contributed by atoms with Gasteiger partial charge in [-0.15, -0.1) is 0 Å². The molecule has 1 aromatic heterocycles. The van der Waals surface area contributed by atoms with Crippen LogP contribution in [-0.2, 0) is 4.79 Å². The summed E-state index contributed by atoms with van der Waals surface area (Å²) < 4.78 is 2.10. The van der Waals surface area contributed by atoms with Crippen LogP contribution in [0.4, 0.5) is 0 Å². The predicted molar refractivity (Wildman–Crippen MR) is 116 cm³/mol. The summed E-state index contributed by atoms with van der Waals surface area (Å²) in [7, 11) is 0. The maximum atomic E-state index is 12.5. The molecule has 4 rings (SSSR count). The van der Waals surface area contributed by atoms with Gasteiger partial charge in [0.15, 0.2) is 5.84 Å². The third-order valence-corrected chi connectivity index (χ3v) is 6.04. The second-order valence-electron chi connectivity index (χ2n) is 6.68. The lowest BCUT2D eigenvalue weighted by Gasteiger charge is -2.20. The van der Waals surface area contributed by atoms with Gasteiger partial charge >= 0.3 is 0 Å². The summed E-state index contributed by atoms with van der Waals surface area (Å²) in [6.45, 7) is 7.80. The first-order valence-corrected chi connectivity index (χ1v) is 9.88. The number of benzene rings is 1. The summed E-state index contributed by atoms with van der Waals surface area (Å²) in [5.41, 5.74) is 5.04. The monoisotopic (exact) mass is 411 g/mol. The van der Waals surface area contributed by atoms with Gasteiger partial charge in [0, 0.05) is 22.1 Å². The summed E-state index contributed by atoms with van der Waals surface area (Å²) in [6, 6.07) is 7.80. The highest BCUT2D eigenvalue weighted by molar-refractivity contribution is 8.26. The van der Waals surface area contributed by atoms with E-state index >= 15 is 0 Å². The quantitative estimate of drug-likeness (QED) is 0.728. The first-order valence-electron chi connectivity index (χ1n) is 8.69. The number of amides is 1. The van der Waals surface area contributed by atoms with Crippen LogP contribution in [0.3, 0.4) is 0 Å². The van der Waals surface area contributed by atoms with Gasteiger partial charge in [0.25, 0.3) is 5.91 Å². The first kappa shape index (κ1) is 18.7. The van der Waals surface area contributed by atoms with Gasteiger partial charge in [-0.05, 0) is 74.9 Å². The van der Waals surface area contributed by atoms with E-state index in [0.717, 1.165) is 33.2 Å². The highest BCUT2D eigenvalue weighted by Gasteiger charge is 2.34. The van der Waals surface area contributed by atoms with Crippen LogP contribution < -0.4 is 0 Å². The molecule has 6 nitrogen and oxygen atoms in total. The molecule has 0 saturated carbocycles. The number of fused-ring (bicyclic) bond motifs is 1. The van der Waals surface area contributed by atoms with Crippen molar-refractivity contribution < 1.29 is 4.79 Å². The summed E-state index contributed by atoms with van der Waals surface area (Å²) in [6.07, 6.45) is 1.72. The van der Waals surface area contributed by atoms with Crippen LogP contribution in [0, 0.1) is 26.2 Å². The van der Waals surface area contributed by atoms with E-state index in [1.807, 2.05) is 52.0 Å². The smallest absolute Gasteiger partial charge is 0.283 e. The second-order valence-corrected chi connectivity index (χ2v) is 8.25. The number of nitrogens with zero attached hydrogens (tertiary/aromatic N) is 4. The Morgan fingerprint density at radius 1 is 1.21 bits per heavy atom. The number of hydrazone groups is 1. The summed E-state index contributed by atoms with van der Waals surface area (Å²) in [5.74, 6) is -0.375. The minimum Gasteiger partial charge on any atom is -0.318 e. The molecule has 2 aliphatic rings. The summed E-state index contributed by atoms with van der Waals surface area (Å²) >= 11 is 7.60. The van der Waals surface area contributed by atoms with Gasteiger partial charge in [-0.3, -0.25) is 10.2 Å². The fourth-order valence-electron chi connectivity index (χ4n) is 3.39. The van der Waals surface area contributed by atoms with E-state index in [4.69, 9.17) is 17.0 Å². The molecule has 1 amide bonds. The standard InChI is InChI=1S/C20H18ClN5OS/c1-10-8-14(12(3)25(10)17-7-5-6-16(21)11(17)2)9-15-18(22)26-20(23-19(15)27)28-13(4)24-26/h5-9,22H,1-4H3/b15-9+,22-18?. The van der Waals surface area contributed by atoms with Crippen molar-refractivity contribution in [2.75, 3.05) is 0 Å². The zero-order valence-corrected chi connectivity index (χ0v) is 17.4. The van der Waals surface area contributed by atoms with Crippen LogP contribution >= 0.6 is 23.4 Å². The van der Waals surface area contributed by atoms with E-state index in [1.54, 1.807) is 6.08 Å². The lowest BCUT2D eigenvalue weighted by atomic mass is 10.1. The molecule has 28 heavy (non-hydrogen) atoms. The molecule has 1 N–H and O–H groups in total. The Bertz CT molecular complexity index is 1140. The molecule has 0 radical (unpaired) electrons. The van der Waals surface area contributed by atoms with Gasteiger partial charge in [-0.2, -0.15) is 15.1 Å². The average Bonchev–Trinajstić information content (AvgIpc) is 3.13. The van der Waals surface area contributed by atoms with E-state index < -0.39 is 5.91 Å². The molecule has 2 aliphatic heterocycles. The maximum Gasteiger partial charge on any atom is 0.283 e. The van der Waals surface area contributed by atoms with E-state index in [0.29, 0.717) is 10.2 Å². The van der Waals surface area contributed by atoms with Crippen LogP contribution in [0.1, 0.15) is 29.4 Å². The SMILES string of the molecule is CC1=NN2C(=N)/C(=C\c3cc(C)n(-c4cccc(Cl)c4C)c3C)C(=O)N=C2S1. The third kappa shape index (κ3) is 2.91. The van der Waals surface area contributed by atoms with Crippen molar-refractivity contribution in [2.24, 2.45) is 10.1 Å². The Kier molecular flexibility index (Phi) is 4.51. The number of carbonyl (C=O) groups is 1. The van der Waals surface area contributed by atoms with Crippen LogP contribution in [0.25, 0.3) is 11.8 Å². The lowest BCUT2D eigenvalue weighted by Crippen LogP contribution is -2.35. The maximum absolute atomic E-state index is 12.5. The molecular formula is C20H18ClN5OS. The Hall–Kier alpha value is -2.64. The highest BCUT2D eigenvalue weighted by atomic mass is 35.5. The zero-order valence-electron chi connectivity index (χ0n) is 15.9. The molecule has 0 saturated heterocycles. The number of rotatable bonds is 2. The number of halogens is 1. The van der Waals surface area contributed by atoms with Crippen molar-refractivity contribution in [1.82, 2.24) is 9.58 Å². The fourth-order valence-corrected chi connectivity index (χ4v) is 4.29. The Morgan fingerprint density at radius 2 is 1.96 bits per heavy atom. The zero-order chi connectivity index (χ0) is 20.2. The number of aromatic nitrogens is 1. The fraction of sp³-hybridized carbons (Fsp3) is 0.200. The normalized spacial score (nSPS) is 17.9. The molecule has 0 bridgehead atoms. The molecule has 142 valence electrons. The second kappa shape index (κ2) is 6.76. The Balaban J connectivity index is 1.81. The van der Waals surface area contributed by atoms with Crippen molar-refractivity contribution in [2.45, 2.75) is 27.7 Å². The van der Waals surface area contributed by atoms with E-state index in [-0.39, 0.29) is 11.4 Å². The van der Waals surface area contributed by atoms with Crippen molar-refractivity contribution >= 4 is 51.4 Å². The number of aryl methyl sites for hydroxylation is 1. The number of amidine groups is 2. The van der Waals surface area contributed by atoms with Crippen LogP contribution in [0.2, 0.25) is 5.02 Å². The van der Waals surface area contributed by atoms with Gasteiger partial charge in [-0.1, -0.05) is 17.7 Å². The van der Waals surface area contributed by atoms with Gasteiger partial charge in [-0.25, -0.2) is 0 Å². The molecule has 1 aromatic carbocycles. The predicted octanol–water partition coefficient (Wildman–Crippen LogP) is 4.70. The van der Waals surface area contributed by atoms with E-state index in [1.165, 1.54) is 16.8 Å². The molecule has 0 atom stereocenters. The van der Waals surface area contributed by atoms with E-state index in [9.17, 15) is 4.79 Å². The van der Waals surface area contributed by atoms with Crippen molar-refractivity contribution in [3.05, 3.63) is 57.4 Å². The Morgan fingerprint density at radius 3 is 2.71 bits per heavy atom. The highest BCUT2D eigenvalue weighted by Crippen LogP contribution is 2.31. The average molecular weight is 412 g/mol. The Labute approximate surface area is 172 Å². The van der Waals surface area contributed by atoms with Crippen LogP contribution in [-0.4, -0.2) is 31.5 Å². The molecule has 8 heteroatoms. The van der Waals surface area contributed by atoms with E-state index in [2.05, 4.69) is 14.7 Å². The number of nitrogens with one attached hydrogen (secondary N) is 1. The van der Waals surface area contributed by atoms with Gasteiger partial charge < -0.3 is 4.57 Å². The number of aliphatic imine (C=N–C) groups is 1. The number of carbonyl (C=O) groups excluding carboxylic acids is 1. The minimum absolute atomic E-state index is 0.0445. The van der Waals surface area contributed by atoms with Crippen LogP contribution in [0.5, 0.6) is 0 Å². The van der Waals surface area contributed by atoms with Gasteiger partial charge in [0.05, 0.1) is 10.6 Å². The molecule has 2 aromatic rings. The van der Waals surface area contributed by atoms with Gasteiger partial charge in [0.1, 0.15) is 0 Å². The summed E-state index contributed by atoms with van der Waals surface area (Å²) in [5, 5.41) is 16.0. The lowest BCUT2D eigenvalue weighted by molar-refractivity contribution is -0.114. The number of hydrogen-bond donors (Lipinski definition) is 1. The number of thioether (sulfide) groups is 1.